The van der Waals surface area contributed by atoms with E-state index >= 15 is 0 Å². The number of benzene rings is 1. The molecule has 2 N–H and O–H groups in total. The molecule has 1 aromatic rings. The van der Waals surface area contributed by atoms with Gasteiger partial charge < -0.3 is 10.6 Å². The molecular weight excluding hydrogens is 344 g/mol. The second-order valence-electron chi connectivity index (χ2n) is 6.66. The first kappa shape index (κ1) is 20.2. The average molecular weight is 368 g/mol. The van der Waals surface area contributed by atoms with Gasteiger partial charge >= 0.3 is 0 Å². The van der Waals surface area contributed by atoms with E-state index in [2.05, 4.69) is 16.7 Å². The Morgan fingerprint density at radius 1 is 1.22 bits per heavy atom. The normalized spacial score (nSPS) is 22.9. The lowest BCUT2D eigenvalue weighted by Crippen LogP contribution is -2.41. The van der Waals surface area contributed by atoms with Crippen molar-refractivity contribution >= 4 is 36.4 Å². The van der Waals surface area contributed by atoms with Crippen molar-refractivity contribution in [1.82, 2.24) is 4.90 Å². The molecular formula is C20H24N4O3. The Morgan fingerprint density at radius 3 is 2.30 bits per heavy atom. The molecule has 1 aromatic carbocycles. The molecule has 1 aliphatic heterocycles. The summed E-state index contributed by atoms with van der Waals surface area (Å²) in [6.07, 6.45) is 3.59. The van der Waals surface area contributed by atoms with Gasteiger partial charge in [-0.1, -0.05) is 18.2 Å². The highest BCUT2D eigenvalue weighted by atomic mass is 16.2. The molecule has 0 bridgehead atoms. The number of rotatable bonds is 5. The Labute approximate surface area is 158 Å². The lowest BCUT2D eigenvalue weighted by molar-refractivity contribution is -0.134. The predicted molar refractivity (Wildman–Crippen MR) is 106 cm³/mol. The minimum absolute atomic E-state index is 0.0687. The van der Waals surface area contributed by atoms with Crippen molar-refractivity contribution in [1.29, 1.82) is 0 Å². The summed E-state index contributed by atoms with van der Waals surface area (Å²) in [6, 6.07) is 7.03. The van der Waals surface area contributed by atoms with Crippen molar-refractivity contribution in [3.8, 4) is 0 Å². The Kier molecular flexibility index (Phi) is 6.05. The van der Waals surface area contributed by atoms with Crippen LogP contribution in [0.1, 0.15) is 36.7 Å². The fourth-order valence-corrected chi connectivity index (χ4v) is 3.37. The lowest BCUT2D eigenvalue weighted by atomic mass is 9.79. The topological polar surface area (TPSA) is 105 Å². The Balaban J connectivity index is 2.27. The van der Waals surface area contributed by atoms with E-state index in [9.17, 15) is 14.4 Å². The highest BCUT2D eigenvalue weighted by Gasteiger charge is 2.52. The summed E-state index contributed by atoms with van der Waals surface area (Å²) in [5, 5.41) is 0. The molecule has 7 heteroatoms. The third kappa shape index (κ3) is 3.86. The van der Waals surface area contributed by atoms with Gasteiger partial charge in [0.25, 0.3) is 11.8 Å². The van der Waals surface area contributed by atoms with Crippen molar-refractivity contribution in [3.63, 3.8) is 0 Å². The molecule has 142 valence electrons. The first-order chi connectivity index (χ1) is 12.8. The first-order valence-electron chi connectivity index (χ1n) is 8.63. The van der Waals surface area contributed by atoms with Gasteiger partial charge in [0.05, 0.1) is 17.0 Å². The van der Waals surface area contributed by atoms with Gasteiger partial charge in [-0.25, -0.2) is 4.99 Å². The van der Waals surface area contributed by atoms with E-state index in [1.54, 1.807) is 25.3 Å². The summed E-state index contributed by atoms with van der Waals surface area (Å²) in [6.45, 7) is 8.71. The summed E-state index contributed by atoms with van der Waals surface area (Å²) >= 11 is 0. The molecule has 2 rings (SSSR count). The maximum Gasteiger partial charge on any atom is 0.253 e. The highest BCUT2D eigenvalue weighted by Crippen LogP contribution is 2.37. The van der Waals surface area contributed by atoms with Gasteiger partial charge in [-0.2, -0.15) is 0 Å². The molecule has 0 unspecified atom stereocenters. The molecule has 0 aliphatic carbocycles. The molecule has 1 aliphatic rings. The smallest absolute Gasteiger partial charge is 0.253 e. The highest BCUT2D eigenvalue weighted by molar-refractivity contribution is 5.98. The molecule has 7 nitrogen and oxygen atoms in total. The average Bonchev–Trinajstić information content (AvgIpc) is 3.04. The van der Waals surface area contributed by atoms with Gasteiger partial charge in [0.2, 0.25) is 5.91 Å². The molecule has 0 spiro atoms. The number of allylic oxidation sites excluding steroid dienone is 1. The Bertz CT molecular complexity index is 826. The molecule has 3 amide bonds. The van der Waals surface area contributed by atoms with Gasteiger partial charge in [-0.05, 0) is 45.2 Å². The van der Waals surface area contributed by atoms with Crippen LogP contribution < -0.4 is 5.73 Å². The number of carbonyl (C=O) groups excluding carboxylic acids is 3. The second-order valence-corrected chi connectivity index (χ2v) is 6.66. The molecule has 2 atom stereocenters. The van der Waals surface area contributed by atoms with Gasteiger partial charge in [0, 0.05) is 24.9 Å². The maximum absolute atomic E-state index is 12.9. The van der Waals surface area contributed by atoms with Gasteiger partial charge in [0.15, 0.2) is 0 Å². The van der Waals surface area contributed by atoms with E-state index in [0.29, 0.717) is 5.56 Å². The monoisotopic (exact) mass is 368 g/mol. The number of nitrogens with two attached hydrogens (primary N) is 1. The van der Waals surface area contributed by atoms with Crippen LogP contribution in [0.25, 0.3) is 5.70 Å². The van der Waals surface area contributed by atoms with E-state index in [0.717, 1.165) is 11.3 Å². The fourth-order valence-electron chi connectivity index (χ4n) is 3.37. The number of carbonyl (C=O) groups is 3. The largest absolute Gasteiger partial charge is 0.369 e. The number of primary amides is 1. The summed E-state index contributed by atoms with van der Waals surface area (Å²) in [7, 11) is 0. The Morgan fingerprint density at radius 2 is 1.81 bits per heavy atom. The molecule has 0 radical (unpaired) electrons. The second kappa shape index (κ2) is 8.07. The van der Waals surface area contributed by atoms with E-state index in [1.807, 2.05) is 32.1 Å². The van der Waals surface area contributed by atoms with Crippen LogP contribution in [0.15, 0.2) is 40.3 Å². The van der Waals surface area contributed by atoms with Crippen molar-refractivity contribution < 1.29 is 14.4 Å². The standard InChI is InChI=1S/C20H24N4O3/c1-5-16(23-6-2)13-7-9-14(10-8-13)18(26)24-11-15(17(21)25)20(3,12-24)19(27)22-4/h5-10,15H,4,11-12H2,1-3H3,(H2,21,25)/b16-5-,23-6?/t15-,20+/m0/s1. The van der Waals surface area contributed by atoms with Crippen LogP contribution in [0.3, 0.4) is 0 Å². The zero-order chi connectivity index (χ0) is 20.2. The quantitative estimate of drug-likeness (QED) is 0.803. The fraction of sp³-hybridized carbons (Fsp3) is 0.350. The Hall–Kier alpha value is -3.09. The first-order valence-corrected chi connectivity index (χ1v) is 8.63. The number of amides is 3. The van der Waals surface area contributed by atoms with Crippen molar-refractivity contribution in [2.24, 2.45) is 27.1 Å². The summed E-state index contributed by atoms with van der Waals surface area (Å²) in [5.41, 5.74) is 6.45. The van der Waals surface area contributed by atoms with Gasteiger partial charge in [-0.15, -0.1) is 0 Å². The van der Waals surface area contributed by atoms with E-state index in [4.69, 9.17) is 5.73 Å². The van der Waals surface area contributed by atoms with Crippen molar-refractivity contribution in [2.45, 2.75) is 20.8 Å². The van der Waals surface area contributed by atoms with E-state index in [-0.39, 0.29) is 19.0 Å². The maximum atomic E-state index is 12.9. The molecule has 0 saturated carbocycles. The number of hydrogen-bond acceptors (Lipinski definition) is 4. The molecule has 27 heavy (non-hydrogen) atoms. The SMILES string of the molecule is C=NC(=O)[C@]1(C)CN(C(=O)c2ccc(/C(=C/C)N=CC)cc2)C[C@H]1C(N)=O. The molecule has 1 heterocycles. The summed E-state index contributed by atoms with van der Waals surface area (Å²) < 4.78 is 0. The van der Waals surface area contributed by atoms with Gasteiger partial charge in [0.1, 0.15) is 0 Å². The van der Waals surface area contributed by atoms with E-state index < -0.39 is 23.1 Å². The van der Waals surface area contributed by atoms with Crippen LogP contribution in [0.5, 0.6) is 0 Å². The molecule has 1 saturated heterocycles. The van der Waals surface area contributed by atoms with Crippen molar-refractivity contribution in [2.75, 3.05) is 13.1 Å². The number of nitrogens with zero attached hydrogens (tertiary/aromatic N) is 3. The van der Waals surface area contributed by atoms with Crippen LogP contribution in [0.4, 0.5) is 0 Å². The number of aliphatic imine (C=N–C) groups is 2. The number of likely N-dealkylation sites (tertiary alicyclic amines) is 1. The summed E-state index contributed by atoms with van der Waals surface area (Å²) in [5.74, 6) is -2.23. The summed E-state index contributed by atoms with van der Waals surface area (Å²) in [4.78, 5) is 46.0. The zero-order valence-corrected chi connectivity index (χ0v) is 15.8. The van der Waals surface area contributed by atoms with Crippen LogP contribution in [-0.2, 0) is 9.59 Å². The molecule has 1 fully saturated rings. The third-order valence-electron chi connectivity index (χ3n) is 4.92. The van der Waals surface area contributed by atoms with Crippen LogP contribution in [0.2, 0.25) is 0 Å². The zero-order valence-electron chi connectivity index (χ0n) is 15.8. The van der Waals surface area contributed by atoms with Crippen molar-refractivity contribution in [3.05, 3.63) is 41.5 Å². The number of hydrogen-bond donors (Lipinski definition) is 1. The minimum Gasteiger partial charge on any atom is -0.369 e. The van der Waals surface area contributed by atoms with Crippen LogP contribution >= 0.6 is 0 Å². The molecule has 0 aromatic heterocycles. The van der Waals surface area contributed by atoms with Crippen LogP contribution in [0, 0.1) is 11.3 Å². The van der Waals surface area contributed by atoms with Crippen LogP contribution in [-0.4, -0.2) is 48.6 Å². The van der Waals surface area contributed by atoms with Gasteiger partial charge in [-0.3, -0.25) is 19.4 Å². The van der Waals surface area contributed by atoms with E-state index in [1.165, 1.54) is 4.90 Å². The lowest BCUT2D eigenvalue weighted by Gasteiger charge is -2.24. The minimum atomic E-state index is -1.16. The predicted octanol–water partition coefficient (Wildman–Crippen LogP) is 1.93. The third-order valence-corrected chi connectivity index (χ3v) is 4.92.